The second-order valence-electron chi connectivity index (χ2n) is 3.91. The van der Waals surface area contributed by atoms with Gasteiger partial charge in [-0.3, -0.25) is 0 Å². The van der Waals surface area contributed by atoms with Crippen LogP contribution in [0.25, 0.3) is 0 Å². The van der Waals surface area contributed by atoms with Crippen molar-refractivity contribution in [2.75, 3.05) is 0 Å². The van der Waals surface area contributed by atoms with Crippen LogP contribution in [0.4, 0.5) is 0 Å². The van der Waals surface area contributed by atoms with Gasteiger partial charge in [-0.2, -0.15) is 8.42 Å². The van der Waals surface area contributed by atoms with Gasteiger partial charge in [0.15, 0.2) is 0 Å². The van der Waals surface area contributed by atoms with Crippen LogP contribution in [0.3, 0.4) is 0 Å². The van der Waals surface area contributed by atoms with Gasteiger partial charge in [-0.25, -0.2) is 0 Å². The summed E-state index contributed by atoms with van der Waals surface area (Å²) in [7, 11) is -4.38. The fourth-order valence-electron chi connectivity index (χ4n) is 1.84. The van der Waals surface area contributed by atoms with Crippen molar-refractivity contribution in [3.63, 3.8) is 0 Å². The van der Waals surface area contributed by atoms with E-state index in [2.05, 4.69) is 0 Å². The third-order valence-electron chi connectivity index (χ3n) is 3.18. The van der Waals surface area contributed by atoms with Crippen molar-refractivity contribution in [1.29, 1.82) is 0 Å². The molecule has 1 rings (SSSR count). The van der Waals surface area contributed by atoms with E-state index in [4.69, 9.17) is 0 Å². The Kier molecular flexibility index (Phi) is 2.94. The van der Waals surface area contributed by atoms with E-state index in [9.17, 15) is 13.0 Å². The third kappa shape index (κ3) is 1.92. The lowest BCUT2D eigenvalue weighted by Crippen LogP contribution is -2.07. The van der Waals surface area contributed by atoms with Gasteiger partial charge in [0.25, 0.3) is 0 Å². The molecule has 83 valence electrons. The predicted octanol–water partition coefficient (Wildman–Crippen LogP) is 2.35. The summed E-state index contributed by atoms with van der Waals surface area (Å²) in [5.41, 5.74) is 3.97. The first-order valence-corrected chi connectivity index (χ1v) is 6.11. The van der Waals surface area contributed by atoms with Crippen LogP contribution in [0.2, 0.25) is 0 Å². The summed E-state index contributed by atoms with van der Waals surface area (Å²) >= 11 is 0. The molecule has 0 unspecified atom stereocenters. The Morgan fingerprint density at radius 1 is 0.667 bits per heavy atom. The quantitative estimate of drug-likeness (QED) is 0.739. The second-order valence-corrected chi connectivity index (χ2v) is 5.22. The molecule has 0 aliphatic heterocycles. The zero-order chi connectivity index (χ0) is 12.0. The van der Waals surface area contributed by atoms with Crippen molar-refractivity contribution in [3.05, 3.63) is 27.8 Å². The highest BCUT2D eigenvalue weighted by Gasteiger charge is 2.22. The van der Waals surface area contributed by atoms with Crippen molar-refractivity contribution in [3.8, 4) is 0 Å². The predicted molar refractivity (Wildman–Crippen MR) is 58.0 cm³/mol. The summed E-state index contributed by atoms with van der Waals surface area (Å²) in [6.07, 6.45) is 0. The number of hydrogen-bond donors (Lipinski definition) is 0. The van der Waals surface area contributed by atoms with E-state index in [1.165, 1.54) is 0 Å². The van der Waals surface area contributed by atoms with E-state index in [1.807, 2.05) is 20.8 Å². The van der Waals surface area contributed by atoms with E-state index in [-0.39, 0.29) is 4.90 Å². The van der Waals surface area contributed by atoms with Crippen LogP contribution in [0.15, 0.2) is 4.90 Å². The molecular formula is C11H15O3S. The maximum absolute atomic E-state index is 11.1. The monoisotopic (exact) mass is 227 g/mol. The van der Waals surface area contributed by atoms with Crippen LogP contribution in [-0.4, -0.2) is 8.42 Å². The Hall–Kier alpha value is -0.870. The maximum Gasteiger partial charge on any atom is 0.324 e. The SMILES string of the molecule is Cc1c(C)c(C)c(S([O])(=O)=O)c(C)c1C. The molecule has 0 aromatic heterocycles. The largest absolute Gasteiger partial charge is 0.324 e. The van der Waals surface area contributed by atoms with E-state index in [0.717, 1.165) is 16.7 Å². The Balaban J connectivity index is 3.84. The second kappa shape index (κ2) is 3.61. The summed E-state index contributed by atoms with van der Waals surface area (Å²) in [5, 5.41) is 0. The molecular weight excluding hydrogens is 212 g/mol. The Morgan fingerprint density at radius 2 is 0.933 bits per heavy atom. The minimum Gasteiger partial charge on any atom is -0.192 e. The van der Waals surface area contributed by atoms with Crippen molar-refractivity contribution in [2.45, 2.75) is 39.5 Å². The Morgan fingerprint density at radius 3 is 1.20 bits per heavy atom. The van der Waals surface area contributed by atoms with Crippen LogP contribution in [0.5, 0.6) is 0 Å². The molecule has 0 saturated heterocycles. The van der Waals surface area contributed by atoms with Crippen molar-refractivity contribution < 1.29 is 13.0 Å². The highest BCUT2D eigenvalue weighted by atomic mass is 32.2. The normalized spacial score (nSPS) is 11.9. The lowest BCUT2D eigenvalue weighted by Gasteiger charge is -2.15. The van der Waals surface area contributed by atoms with Gasteiger partial charge >= 0.3 is 10.1 Å². The fourth-order valence-corrected chi connectivity index (χ4v) is 2.90. The molecule has 15 heavy (non-hydrogen) atoms. The molecule has 1 aromatic rings. The van der Waals surface area contributed by atoms with Gasteiger partial charge in [0.2, 0.25) is 0 Å². The Labute approximate surface area is 90.9 Å². The third-order valence-corrected chi connectivity index (χ3v) is 4.29. The van der Waals surface area contributed by atoms with Crippen molar-refractivity contribution in [2.24, 2.45) is 0 Å². The lowest BCUT2D eigenvalue weighted by molar-refractivity contribution is 0.413. The molecule has 1 aromatic carbocycles. The molecule has 0 aliphatic carbocycles. The molecule has 1 radical (unpaired) electrons. The molecule has 0 bridgehead atoms. The maximum atomic E-state index is 11.1. The highest BCUT2D eigenvalue weighted by Crippen LogP contribution is 2.29. The Bertz CT molecular complexity index is 484. The summed E-state index contributed by atoms with van der Waals surface area (Å²) in [6.45, 7) is 8.97. The smallest absolute Gasteiger partial charge is 0.192 e. The minimum absolute atomic E-state index is 0.0527. The topological polar surface area (TPSA) is 54.0 Å². The lowest BCUT2D eigenvalue weighted by atomic mass is 9.95. The summed E-state index contributed by atoms with van der Waals surface area (Å²) < 4.78 is 33.4. The van der Waals surface area contributed by atoms with Gasteiger partial charge < -0.3 is 0 Å². The number of benzene rings is 1. The number of hydrogen-bond acceptors (Lipinski definition) is 2. The van der Waals surface area contributed by atoms with Crippen LogP contribution < -0.4 is 0 Å². The molecule has 0 spiro atoms. The van der Waals surface area contributed by atoms with Crippen LogP contribution in [-0.2, 0) is 14.7 Å². The summed E-state index contributed by atoms with van der Waals surface area (Å²) in [4.78, 5) is -0.0527. The molecule has 3 nitrogen and oxygen atoms in total. The number of rotatable bonds is 1. The van der Waals surface area contributed by atoms with E-state index in [1.54, 1.807) is 13.8 Å². The average Bonchev–Trinajstić information content (AvgIpc) is 2.09. The first-order chi connectivity index (χ1) is 6.68. The molecule has 0 N–H and O–H groups in total. The van der Waals surface area contributed by atoms with E-state index >= 15 is 0 Å². The molecule has 0 aliphatic rings. The van der Waals surface area contributed by atoms with Gasteiger partial charge in [-0.05, 0) is 62.4 Å². The first kappa shape index (κ1) is 12.2. The van der Waals surface area contributed by atoms with Crippen LogP contribution in [0, 0.1) is 34.6 Å². The minimum atomic E-state index is -4.38. The molecule has 0 amide bonds. The van der Waals surface area contributed by atoms with Gasteiger partial charge in [0.1, 0.15) is 4.90 Å². The first-order valence-electron chi connectivity index (χ1n) is 4.70. The van der Waals surface area contributed by atoms with Gasteiger partial charge in [0.05, 0.1) is 0 Å². The fraction of sp³-hybridized carbons (Fsp3) is 0.455. The van der Waals surface area contributed by atoms with E-state index in [0.29, 0.717) is 11.1 Å². The van der Waals surface area contributed by atoms with Crippen molar-refractivity contribution >= 4 is 10.1 Å². The zero-order valence-corrected chi connectivity index (χ0v) is 10.4. The zero-order valence-electron chi connectivity index (χ0n) is 9.63. The van der Waals surface area contributed by atoms with Gasteiger partial charge in [0, 0.05) is 0 Å². The van der Waals surface area contributed by atoms with Crippen LogP contribution >= 0.6 is 0 Å². The summed E-state index contributed by atoms with van der Waals surface area (Å²) in [6, 6.07) is 0. The van der Waals surface area contributed by atoms with Crippen molar-refractivity contribution in [1.82, 2.24) is 0 Å². The average molecular weight is 227 g/mol. The molecule has 0 heterocycles. The highest BCUT2D eigenvalue weighted by molar-refractivity contribution is 7.85. The summed E-state index contributed by atoms with van der Waals surface area (Å²) in [5.74, 6) is 0. The molecule has 4 heteroatoms. The molecule has 0 saturated carbocycles. The standard InChI is InChI=1S/C11H15O3S/c1-6-7(2)9(4)11(15(12,13)14)10(5)8(6)3/h1-5H3. The van der Waals surface area contributed by atoms with Gasteiger partial charge in [-0.15, -0.1) is 0 Å². The molecule has 0 atom stereocenters. The van der Waals surface area contributed by atoms with Gasteiger partial charge in [-0.1, -0.05) is 4.55 Å². The van der Waals surface area contributed by atoms with E-state index < -0.39 is 10.1 Å². The molecule has 0 fully saturated rings. The van der Waals surface area contributed by atoms with Crippen LogP contribution in [0.1, 0.15) is 27.8 Å².